The van der Waals surface area contributed by atoms with Crippen LogP contribution < -0.4 is 10.1 Å². The van der Waals surface area contributed by atoms with E-state index in [2.05, 4.69) is 31.3 Å². The molecule has 18 heavy (non-hydrogen) atoms. The Morgan fingerprint density at radius 3 is 2.56 bits per heavy atom. The minimum absolute atomic E-state index is 0.303. The van der Waals surface area contributed by atoms with Crippen molar-refractivity contribution in [2.45, 2.75) is 39.2 Å². The molecule has 1 N–H and O–H groups in total. The van der Waals surface area contributed by atoms with Crippen LogP contribution in [0.1, 0.15) is 32.3 Å². The van der Waals surface area contributed by atoms with E-state index in [1.807, 2.05) is 12.1 Å². The highest BCUT2D eigenvalue weighted by molar-refractivity contribution is 5.27. The highest BCUT2D eigenvalue weighted by Crippen LogP contribution is 2.13. The van der Waals surface area contributed by atoms with Crippen LogP contribution in [-0.2, 0) is 11.2 Å². The third-order valence-electron chi connectivity index (χ3n) is 2.88. The van der Waals surface area contributed by atoms with Gasteiger partial charge in [0.15, 0.2) is 6.79 Å². The normalized spacial score (nSPS) is 12.4. The molecule has 0 fully saturated rings. The van der Waals surface area contributed by atoms with Crippen LogP contribution in [0.15, 0.2) is 24.3 Å². The fraction of sp³-hybridized carbons (Fsp3) is 0.600. The topological polar surface area (TPSA) is 30.5 Å². The highest BCUT2D eigenvalue weighted by Gasteiger charge is 2.01. The molecule has 102 valence electrons. The molecule has 0 radical (unpaired) electrons. The van der Waals surface area contributed by atoms with Crippen molar-refractivity contribution in [1.29, 1.82) is 0 Å². The van der Waals surface area contributed by atoms with Crippen molar-refractivity contribution in [3.8, 4) is 5.75 Å². The van der Waals surface area contributed by atoms with Crippen LogP contribution in [0.4, 0.5) is 0 Å². The molecule has 1 aromatic carbocycles. The second-order valence-electron chi connectivity index (χ2n) is 4.59. The molecule has 1 atom stereocenters. The Bertz CT molecular complexity index is 311. The second kappa shape index (κ2) is 8.95. The van der Waals surface area contributed by atoms with Gasteiger partial charge in [-0.3, -0.25) is 0 Å². The maximum atomic E-state index is 5.35. The van der Waals surface area contributed by atoms with E-state index in [1.54, 1.807) is 7.11 Å². The maximum absolute atomic E-state index is 5.35. The zero-order valence-corrected chi connectivity index (χ0v) is 11.7. The molecule has 0 saturated carbocycles. The average Bonchev–Trinajstić information content (AvgIpc) is 2.41. The van der Waals surface area contributed by atoms with Crippen LogP contribution in [0.3, 0.4) is 0 Å². The Morgan fingerprint density at radius 1 is 1.22 bits per heavy atom. The van der Waals surface area contributed by atoms with Gasteiger partial charge < -0.3 is 14.8 Å². The van der Waals surface area contributed by atoms with Crippen molar-refractivity contribution in [2.24, 2.45) is 0 Å². The summed E-state index contributed by atoms with van der Waals surface area (Å²) in [5, 5.41) is 3.50. The quantitative estimate of drug-likeness (QED) is 0.684. The number of rotatable bonds is 9. The largest absolute Gasteiger partial charge is 0.468 e. The molecule has 0 saturated heterocycles. The minimum atomic E-state index is 0.303. The first-order valence-electron chi connectivity index (χ1n) is 6.70. The molecule has 1 unspecified atom stereocenters. The summed E-state index contributed by atoms with van der Waals surface area (Å²) in [6.45, 7) is 5.84. The van der Waals surface area contributed by atoms with Gasteiger partial charge in [-0.2, -0.15) is 0 Å². The van der Waals surface area contributed by atoms with Crippen molar-refractivity contribution in [1.82, 2.24) is 5.32 Å². The summed E-state index contributed by atoms with van der Waals surface area (Å²) < 4.78 is 10.2. The first-order valence-corrected chi connectivity index (χ1v) is 6.70. The van der Waals surface area contributed by atoms with Gasteiger partial charge in [-0.1, -0.05) is 19.1 Å². The van der Waals surface area contributed by atoms with Crippen molar-refractivity contribution >= 4 is 0 Å². The fourth-order valence-electron chi connectivity index (χ4n) is 1.76. The van der Waals surface area contributed by atoms with Crippen LogP contribution >= 0.6 is 0 Å². The predicted molar refractivity (Wildman–Crippen MR) is 75.0 cm³/mol. The number of ether oxygens (including phenoxy) is 2. The lowest BCUT2D eigenvalue weighted by atomic mass is 10.1. The monoisotopic (exact) mass is 251 g/mol. The van der Waals surface area contributed by atoms with Gasteiger partial charge in [0.2, 0.25) is 0 Å². The van der Waals surface area contributed by atoms with Crippen molar-refractivity contribution in [3.05, 3.63) is 29.8 Å². The van der Waals surface area contributed by atoms with E-state index >= 15 is 0 Å². The smallest absolute Gasteiger partial charge is 0.188 e. The number of benzene rings is 1. The Hall–Kier alpha value is -1.06. The Balaban J connectivity index is 2.30. The molecule has 0 bridgehead atoms. The second-order valence-corrected chi connectivity index (χ2v) is 4.59. The van der Waals surface area contributed by atoms with Gasteiger partial charge in [0.05, 0.1) is 0 Å². The Labute approximate surface area is 110 Å². The molecule has 0 aliphatic rings. The summed E-state index contributed by atoms with van der Waals surface area (Å²) in [6, 6.07) is 8.82. The van der Waals surface area contributed by atoms with E-state index in [0.29, 0.717) is 12.8 Å². The van der Waals surface area contributed by atoms with Crippen LogP contribution in [0.2, 0.25) is 0 Å². The lowest BCUT2D eigenvalue weighted by molar-refractivity contribution is 0.0511. The molecule has 3 heteroatoms. The minimum Gasteiger partial charge on any atom is -0.468 e. The van der Waals surface area contributed by atoms with E-state index in [9.17, 15) is 0 Å². The summed E-state index contributed by atoms with van der Waals surface area (Å²) in [6.07, 6.45) is 3.45. The number of hydrogen-bond donors (Lipinski definition) is 1. The first kappa shape index (κ1) is 15.0. The van der Waals surface area contributed by atoms with Gasteiger partial charge in [-0.15, -0.1) is 0 Å². The summed E-state index contributed by atoms with van der Waals surface area (Å²) >= 11 is 0. The standard InChI is InChI=1S/C15H25NO2/c1-4-11-16-13(2)5-6-14-7-9-15(10-8-14)18-12-17-3/h7-10,13,16H,4-6,11-12H2,1-3H3. The zero-order chi connectivity index (χ0) is 13.2. The van der Waals surface area contributed by atoms with Gasteiger partial charge in [0.1, 0.15) is 5.75 Å². The van der Waals surface area contributed by atoms with Gasteiger partial charge in [-0.25, -0.2) is 0 Å². The zero-order valence-electron chi connectivity index (χ0n) is 11.7. The molecule has 1 rings (SSSR count). The molecular weight excluding hydrogens is 226 g/mol. The molecule has 0 aliphatic heterocycles. The molecule has 1 aromatic rings. The number of nitrogens with one attached hydrogen (secondary N) is 1. The van der Waals surface area contributed by atoms with Crippen molar-refractivity contribution in [3.63, 3.8) is 0 Å². The van der Waals surface area contributed by atoms with E-state index in [-0.39, 0.29) is 0 Å². The molecule has 0 spiro atoms. The molecule has 3 nitrogen and oxygen atoms in total. The maximum Gasteiger partial charge on any atom is 0.188 e. The summed E-state index contributed by atoms with van der Waals surface area (Å²) in [4.78, 5) is 0. The molecule has 0 aliphatic carbocycles. The molecule has 0 heterocycles. The molecule has 0 amide bonds. The number of methoxy groups -OCH3 is 1. The molecular formula is C15H25NO2. The summed E-state index contributed by atoms with van der Waals surface area (Å²) in [5.41, 5.74) is 1.35. The Morgan fingerprint density at radius 2 is 1.94 bits per heavy atom. The SMILES string of the molecule is CCCNC(C)CCc1ccc(OCOC)cc1. The number of aryl methyl sites for hydroxylation is 1. The van der Waals surface area contributed by atoms with Gasteiger partial charge in [0, 0.05) is 13.2 Å². The molecule has 0 aromatic heterocycles. The van der Waals surface area contributed by atoms with Crippen molar-refractivity contribution < 1.29 is 9.47 Å². The van der Waals surface area contributed by atoms with E-state index in [0.717, 1.165) is 25.1 Å². The summed E-state index contributed by atoms with van der Waals surface area (Å²) in [7, 11) is 1.62. The van der Waals surface area contributed by atoms with Gasteiger partial charge in [0.25, 0.3) is 0 Å². The van der Waals surface area contributed by atoms with Crippen LogP contribution in [0, 0.1) is 0 Å². The first-order chi connectivity index (χ1) is 8.76. The van der Waals surface area contributed by atoms with Gasteiger partial charge in [-0.05, 0) is 50.4 Å². The fourth-order valence-corrected chi connectivity index (χ4v) is 1.76. The van der Waals surface area contributed by atoms with Gasteiger partial charge >= 0.3 is 0 Å². The highest BCUT2D eigenvalue weighted by atomic mass is 16.7. The third kappa shape index (κ3) is 6.03. The lowest BCUT2D eigenvalue weighted by Gasteiger charge is -2.13. The van der Waals surface area contributed by atoms with Crippen molar-refractivity contribution in [2.75, 3.05) is 20.4 Å². The average molecular weight is 251 g/mol. The predicted octanol–water partition coefficient (Wildman–Crippen LogP) is 2.99. The third-order valence-corrected chi connectivity index (χ3v) is 2.88. The van der Waals surface area contributed by atoms with E-state index in [1.165, 1.54) is 12.0 Å². The van der Waals surface area contributed by atoms with Crippen LogP contribution in [0.5, 0.6) is 5.75 Å². The summed E-state index contributed by atoms with van der Waals surface area (Å²) in [5.74, 6) is 0.859. The van der Waals surface area contributed by atoms with E-state index in [4.69, 9.17) is 9.47 Å². The van der Waals surface area contributed by atoms with E-state index < -0.39 is 0 Å². The van der Waals surface area contributed by atoms with Crippen LogP contribution in [-0.4, -0.2) is 26.5 Å². The Kier molecular flexibility index (Phi) is 7.46. The number of hydrogen-bond acceptors (Lipinski definition) is 3. The lowest BCUT2D eigenvalue weighted by Crippen LogP contribution is -2.27. The van der Waals surface area contributed by atoms with Crippen LogP contribution in [0.25, 0.3) is 0 Å².